The van der Waals surface area contributed by atoms with E-state index in [9.17, 15) is 9.90 Å². The highest BCUT2D eigenvalue weighted by atomic mass is 16.3. The average Bonchev–Trinajstić information content (AvgIpc) is 3.11. The molecule has 1 amide bonds. The lowest BCUT2D eigenvalue weighted by atomic mass is 9.90. The van der Waals surface area contributed by atoms with Crippen molar-refractivity contribution in [1.82, 2.24) is 19.9 Å². The van der Waals surface area contributed by atoms with Crippen LogP contribution in [0.2, 0.25) is 0 Å². The number of anilines is 1. The summed E-state index contributed by atoms with van der Waals surface area (Å²) < 4.78 is 1.86. The molecule has 1 fully saturated rings. The summed E-state index contributed by atoms with van der Waals surface area (Å²) in [5.74, 6) is 3.88. The molecule has 3 rings (SSSR count). The minimum absolute atomic E-state index is 0.182. The summed E-state index contributed by atoms with van der Waals surface area (Å²) in [5.41, 5.74) is 0.490. The molecule has 3 heterocycles. The van der Waals surface area contributed by atoms with Crippen molar-refractivity contribution >= 4 is 11.7 Å². The van der Waals surface area contributed by atoms with Gasteiger partial charge in [0.05, 0.1) is 12.1 Å². The number of aryl methyl sites for hydroxylation is 1. The van der Waals surface area contributed by atoms with E-state index in [-0.39, 0.29) is 18.4 Å². The van der Waals surface area contributed by atoms with Gasteiger partial charge in [0, 0.05) is 38.7 Å². The van der Waals surface area contributed by atoms with Crippen LogP contribution >= 0.6 is 0 Å². The third-order valence-electron chi connectivity index (χ3n) is 4.79. The van der Waals surface area contributed by atoms with Crippen molar-refractivity contribution in [2.24, 2.45) is 13.0 Å². The number of hydrogen-bond donors (Lipinski definition) is 2. The first-order valence-corrected chi connectivity index (χ1v) is 8.68. The second kappa shape index (κ2) is 8.02. The van der Waals surface area contributed by atoms with Gasteiger partial charge < -0.3 is 19.9 Å². The van der Waals surface area contributed by atoms with E-state index in [1.807, 2.05) is 23.9 Å². The highest BCUT2D eigenvalue weighted by Gasteiger charge is 2.28. The minimum atomic E-state index is -0.549. The van der Waals surface area contributed by atoms with Crippen molar-refractivity contribution in [3.63, 3.8) is 0 Å². The average molecular weight is 353 g/mol. The number of aliphatic hydroxyl groups excluding tert-OH is 1. The Bertz CT molecular complexity index is 785. The summed E-state index contributed by atoms with van der Waals surface area (Å²) in [5, 5.41) is 13.2. The van der Waals surface area contributed by atoms with Gasteiger partial charge in [-0.05, 0) is 30.9 Å². The zero-order valence-corrected chi connectivity index (χ0v) is 14.8. The van der Waals surface area contributed by atoms with Crippen LogP contribution in [-0.4, -0.2) is 45.2 Å². The highest BCUT2D eigenvalue weighted by Crippen LogP contribution is 2.31. The second-order valence-corrected chi connectivity index (χ2v) is 6.46. The molecule has 1 aliphatic heterocycles. The smallest absolute Gasteiger partial charge is 0.253 e. The Labute approximate surface area is 153 Å². The number of carbonyl (C=O) groups excluding carboxylic acids is 1. The molecule has 2 aromatic rings. The Morgan fingerprint density at radius 2 is 2.19 bits per heavy atom. The van der Waals surface area contributed by atoms with Crippen LogP contribution in [0.1, 0.15) is 35.1 Å². The number of aromatic nitrogens is 3. The van der Waals surface area contributed by atoms with Crippen molar-refractivity contribution in [2.45, 2.75) is 18.9 Å². The van der Waals surface area contributed by atoms with E-state index in [0.29, 0.717) is 11.4 Å². The van der Waals surface area contributed by atoms with Crippen LogP contribution < -0.4 is 10.2 Å². The van der Waals surface area contributed by atoms with Gasteiger partial charge in [0.1, 0.15) is 17.7 Å². The van der Waals surface area contributed by atoms with E-state index >= 15 is 0 Å². The molecule has 1 aliphatic rings. The van der Waals surface area contributed by atoms with Crippen LogP contribution in [0.5, 0.6) is 0 Å². The van der Waals surface area contributed by atoms with Gasteiger partial charge in [-0.15, -0.1) is 6.42 Å². The molecule has 7 nitrogen and oxygen atoms in total. The summed E-state index contributed by atoms with van der Waals surface area (Å²) in [7, 11) is 1.89. The number of nitrogens with zero attached hydrogens (tertiary/aromatic N) is 4. The molecule has 0 spiro atoms. The fraction of sp³-hybridized carbons (Fsp3) is 0.421. The molecular weight excluding hydrogens is 330 g/mol. The van der Waals surface area contributed by atoms with Gasteiger partial charge in [-0.2, -0.15) is 0 Å². The van der Waals surface area contributed by atoms with Gasteiger partial charge >= 0.3 is 0 Å². The number of pyridine rings is 1. The number of piperidine rings is 1. The first kappa shape index (κ1) is 18.0. The molecule has 0 aliphatic carbocycles. The zero-order chi connectivity index (χ0) is 18.5. The first-order chi connectivity index (χ1) is 12.6. The van der Waals surface area contributed by atoms with Crippen molar-refractivity contribution in [2.75, 3.05) is 24.5 Å². The van der Waals surface area contributed by atoms with Gasteiger partial charge in [-0.3, -0.25) is 4.79 Å². The Balaban J connectivity index is 1.57. The molecule has 26 heavy (non-hydrogen) atoms. The summed E-state index contributed by atoms with van der Waals surface area (Å²) in [6, 6.07) is 3.60. The maximum Gasteiger partial charge on any atom is 0.253 e. The molecule has 136 valence electrons. The number of terminal acetylenes is 1. The zero-order valence-electron chi connectivity index (χ0n) is 14.8. The van der Waals surface area contributed by atoms with E-state index in [2.05, 4.69) is 26.1 Å². The third-order valence-corrected chi connectivity index (χ3v) is 4.79. The van der Waals surface area contributed by atoms with Crippen molar-refractivity contribution < 1.29 is 9.90 Å². The van der Waals surface area contributed by atoms with E-state index in [1.165, 1.54) is 0 Å². The molecule has 0 saturated carbocycles. The predicted molar refractivity (Wildman–Crippen MR) is 98.5 cm³/mol. The van der Waals surface area contributed by atoms with Crippen molar-refractivity contribution in [1.29, 1.82) is 0 Å². The Morgan fingerprint density at radius 1 is 1.42 bits per heavy atom. The number of amides is 1. The summed E-state index contributed by atoms with van der Waals surface area (Å²) >= 11 is 0. The van der Waals surface area contributed by atoms with Crippen LogP contribution in [0, 0.1) is 18.3 Å². The molecule has 1 saturated heterocycles. The first-order valence-electron chi connectivity index (χ1n) is 8.68. The van der Waals surface area contributed by atoms with E-state index in [0.717, 1.165) is 31.7 Å². The number of nitrogens with one attached hydrogen (secondary N) is 1. The summed E-state index contributed by atoms with van der Waals surface area (Å²) in [4.78, 5) is 22.7. The lowest BCUT2D eigenvalue weighted by Gasteiger charge is -2.34. The van der Waals surface area contributed by atoms with Crippen LogP contribution in [-0.2, 0) is 7.05 Å². The predicted octanol–water partition coefficient (Wildman–Crippen LogP) is 1.13. The van der Waals surface area contributed by atoms with Crippen molar-refractivity contribution in [3.8, 4) is 12.3 Å². The topological polar surface area (TPSA) is 83.3 Å². The Morgan fingerprint density at radius 3 is 2.77 bits per heavy atom. The van der Waals surface area contributed by atoms with E-state index < -0.39 is 6.10 Å². The standard InChI is InChI=1S/C19H23N5O2/c1-3-8-21-19(26)15-4-5-16(22-13-15)24-10-6-14(7-11-24)17(25)18-20-9-12-23(18)2/h1,4-5,9,12-14,17,25H,6-8,10-11H2,2H3,(H,21,26). The number of aliphatic hydroxyl groups is 1. The third kappa shape index (κ3) is 3.86. The molecule has 0 bridgehead atoms. The van der Waals surface area contributed by atoms with E-state index in [1.54, 1.807) is 18.5 Å². The van der Waals surface area contributed by atoms with Crippen LogP contribution in [0.4, 0.5) is 5.82 Å². The molecule has 0 aromatic carbocycles. The normalized spacial score (nSPS) is 16.1. The van der Waals surface area contributed by atoms with Gasteiger partial charge in [-0.25, -0.2) is 9.97 Å². The molecule has 0 radical (unpaired) electrons. The van der Waals surface area contributed by atoms with E-state index in [4.69, 9.17) is 6.42 Å². The Hall–Kier alpha value is -2.85. The van der Waals surface area contributed by atoms with Gasteiger partial charge in [0.2, 0.25) is 0 Å². The number of rotatable bonds is 5. The van der Waals surface area contributed by atoms with Gasteiger partial charge in [0.25, 0.3) is 5.91 Å². The number of imidazole rings is 1. The highest BCUT2D eigenvalue weighted by molar-refractivity contribution is 5.94. The molecule has 1 unspecified atom stereocenters. The molecule has 2 aromatic heterocycles. The van der Waals surface area contributed by atoms with Gasteiger partial charge in [0.15, 0.2) is 0 Å². The second-order valence-electron chi connectivity index (χ2n) is 6.46. The number of carbonyl (C=O) groups is 1. The number of hydrogen-bond acceptors (Lipinski definition) is 5. The molecular formula is C19H23N5O2. The van der Waals surface area contributed by atoms with Crippen LogP contribution in [0.3, 0.4) is 0 Å². The fourth-order valence-electron chi connectivity index (χ4n) is 3.26. The molecule has 7 heteroatoms. The lowest BCUT2D eigenvalue weighted by molar-refractivity contribution is 0.0824. The Kier molecular flexibility index (Phi) is 5.54. The van der Waals surface area contributed by atoms with Gasteiger partial charge in [-0.1, -0.05) is 5.92 Å². The quantitative estimate of drug-likeness (QED) is 0.788. The molecule has 2 N–H and O–H groups in total. The summed E-state index contributed by atoms with van der Waals surface area (Å²) in [6.07, 6.45) is 11.4. The monoisotopic (exact) mass is 353 g/mol. The SMILES string of the molecule is C#CCNC(=O)c1ccc(N2CCC(C(O)c3nccn3C)CC2)nc1. The van der Waals surface area contributed by atoms with Crippen LogP contribution in [0.25, 0.3) is 0 Å². The van der Waals surface area contributed by atoms with Crippen molar-refractivity contribution in [3.05, 3.63) is 42.1 Å². The van der Waals surface area contributed by atoms with Crippen LogP contribution in [0.15, 0.2) is 30.7 Å². The lowest BCUT2D eigenvalue weighted by Crippen LogP contribution is -2.36. The largest absolute Gasteiger partial charge is 0.385 e. The maximum atomic E-state index is 11.9. The molecule has 1 atom stereocenters. The summed E-state index contributed by atoms with van der Waals surface area (Å²) in [6.45, 7) is 1.82. The minimum Gasteiger partial charge on any atom is -0.385 e. The maximum absolute atomic E-state index is 11.9. The fourth-order valence-corrected chi connectivity index (χ4v) is 3.26.